The van der Waals surface area contributed by atoms with Crippen LogP contribution in [0.1, 0.15) is 11.1 Å². The van der Waals surface area contributed by atoms with Crippen LogP contribution in [0.4, 0.5) is 0 Å². The van der Waals surface area contributed by atoms with E-state index in [1.54, 1.807) is 0 Å². The fourth-order valence-electron chi connectivity index (χ4n) is 2.02. The fraction of sp³-hybridized carbons (Fsp3) is 0.154. The molecule has 0 aliphatic heterocycles. The van der Waals surface area contributed by atoms with Crippen molar-refractivity contribution in [2.24, 2.45) is 0 Å². The lowest BCUT2D eigenvalue weighted by molar-refractivity contribution is 1.33. The molecule has 0 saturated carbocycles. The Kier molecular flexibility index (Phi) is 2.81. The summed E-state index contributed by atoms with van der Waals surface area (Å²) in [5.41, 5.74) is 3.94. The van der Waals surface area contributed by atoms with Crippen molar-refractivity contribution in [2.45, 2.75) is 13.8 Å². The fourth-order valence-corrected chi connectivity index (χ4v) is 5.61. The first-order valence-electron chi connectivity index (χ1n) is 5.27. The minimum Gasteiger partial charge on any atom is -0.264 e. The highest BCUT2D eigenvalue weighted by molar-refractivity contribution is 9.11. The standard InChI is InChI=1S/C13H10BrNS2/c1-7-10-8(2)12(14)17-13(10)16-11(7)9-4-3-5-15-6-9/h3-6H,1-2H3. The van der Waals surface area contributed by atoms with Crippen LogP contribution in [0.25, 0.3) is 19.8 Å². The quantitative estimate of drug-likeness (QED) is 0.584. The van der Waals surface area contributed by atoms with E-state index in [1.165, 1.54) is 34.8 Å². The molecule has 0 amide bonds. The summed E-state index contributed by atoms with van der Waals surface area (Å²) in [6.45, 7) is 4.38. The highest BCUT2D eigenvalue weighted by Gasteiger charge is 2.16. The molecular formula is C13H10BrNS2. The van der Waals surface area contributed by atoms with Crippen LogP contribution in [0.15, 0.2) is 28.3 Å². The molecule has 17 heavy (non-hydrogen) atoms. The van der Waals surface area contributed by atoms with Crippen molar-refractivity contribution in [1.82, 2.24) is 4.98 Å². The number of hydrogen-bond acceptors (Lipinski definition) is 3. The molecule has 3 rings (SSSR count). The first-order chi connectivity index (χ1) is 8.18. The summed E-state index contributed by atoms with van der Waals surface area (Å²) in [6.07, 6.45) is 3.75. The van der Waals surface area contributed by atoms with Crippen LogP contribution < -0.4 is 0 Å². The third kappa shape index (κ3) is 1.75. The van der Waals surface area contributed by atoms with Gasteiger partial charge in [0.05, 0.1) is 7.80 Å². The molecule has 3 heterocycles. The summed E-state index contributed by atoms with van der Waals surface area (Å²) in [4.78, 5) is 5.54. The molecule has 0 unspecified atom stereocenters. The largest absolute Gasteiger partial charge is 0.264 e. The number of nitrogens with zero attached hydrogens (tertiary/aromatic N) is 1. The van der Waals surface area contributed by atoms with Gasteiger partial charge < -0.3 is 0 Å². The zero-order valence-corrected chi connectivity index (χ0v) is 12.7. The van der Waals surface area contributed by atoms with Gasteiger partial charge in [0.25, 0.3) is 0 Å². The Morgan fingerprint density at radius 2 is 2.00 bits per heavy atom. The molecule has 0 aromatic carbocycles. The molecule has 0 spiro atoms. The number of pyridine rings is 1. The number of fused-ring (bicyclic) bond motifs is 1. The predicted octanol–water partition coefficient (Wildman–Crippen LogP) is 5.40. The number of aromatic nitrogens is 1. The Bertz CT molecular complexity index is 682. The van der Waals surface area contributed by atoms with Crippen LogP contribution in [0.5, 0.6) is 0 Å². The van der Waals surface area contributed by atoms with Crippen molar-refractivity contribution in [1.29, 1.82) is 0 Å². The second-order valence-electron chi connectivity index (χ2n) is 3.96. The summed E-state index contributed by atoms with van der Waals surface area (Å²) in [7, 11) is 0. The average molecular weight is 324 g/mol. The number of thiophene rings is 2. The van der Waals surface area contributed by atoms with E-state index < -0.39 is 0 Å². The molecule has 4 heteroatoms. The summed E-state index contributed by atoms with van der Waals surface area (Å²) >= 11 is 7.30. The van der Waals surface area contributed by atoms with Gasteiger partial charge in [0.1, 0.15) is 0 Å². The van der Waals surface area contributed by atoms with E-state index in [1.807, 2.05) is 41.1 Å². The first kappa shape index (κ1) is 11.4. The van der Waals surface area contributed by atoms with Gasteiger partial charge >= 0.3 is 0 Å². The van der Waals surface area contributed by atoms with E-state index in [0.717, 1.165) is 0 Å². The van der Waals surface area contributed by atoms with Gasteiger partial charge in [0, 0.05) is 28.2 Å². The minimum atomic E-state index is 1.22. The third-order valence-corrected chi connectivity index (χ3v) is 6.48. The van der Waals surface area contributed by atoms with Crippen molar-refractivity contribution >= 4 is 48.0 Å². The maximum Gasteiger partial charge on any atom is 0.0889 e. The smallest absolute Gasteiger partial charge is 0.0889 e. The molecule has 3 aromatic heterocycles. The minimum absolute atomic E-state index is 1.22. The topological polar surface area (TPSA) is 12.9 Å². The first-order valence-corrected chi connectivity index (χ1v) is 7.69. The number of hydrogen-bond donors (Lipinski definition) is 0. The van der Waals surface area contributed by atoms with Crippen LogP contribution in [-0.2, 0) is 0 Å². The van der Waals surface area contributed by atoms with Gasteiger partial charge in [-0.3, -0.25) is 4.98 Å². The zero-order valence-electron chi connectivity index (χ0n) is 9.45. The summed E-state index contributed by atoms with van der Waals surface area (Å²) in [5, 5.41) is 1.41. The van der Waals surface area contributed by atoms with E-state index in [2.05, 4.69) is 40.8 Å². The molecule has 0 aliphatic rings. The van der Waals surface area contributed by atoms with E-state index in [4.69, 9.17) is 0 Å². The molecule has 0 radical (unpaired) electrons. The van der Waals surface area contributed by atoms with Crippen LogP contribution in [0.2, 0.25) is 0 Å². The van der Waals surface area contributed by atoms with Crippen molar-refractivity contribution in [3.05, 3.63) is 39.4 Å². The van der Waals surface area contributed by atoms with Gasteiger partial charge in [0.2, 0.25) is 0 Å². The lowest BCUT2D eigenvalue weighted by Crippen LogP contribution is -1.78. The molecular weight excluding hydrogens is 314 g/mol. The third-order valence-electron chi connectivity index (χ3n) is 2.89. The molecule has 86 valence electrons. The molecule has 0 saturated heterocycles. The lowest BCUT2D eigenvalue weighted by Gasteiger charge is -1.99. The predicted molar refractivity (Wildman–Crippen MR) is 80.1 cm³/mol. The Morgan fingerprint density at radius 1 is 1.18 bits per heavy atom. The van der Waals surface area contributed by atoms with Crippen LogP contribution in [-0.4, -0.2) is 4.98 Å². The van der Waals surface area contributed by atoms with Gasteiger partial charge in [0.15, 0.2) is 0 Å². The number of halogens is 1. The lowest BCUT2D eigenvalue weighted by atomic mass is 10.1. The highest BCUT2D eigenvalue weighted by atomic mass is 79.9. The normalized spacial score (nSPS) is 11.2. The zero-order chi connectivity index (χ0) is 12.0. The van der Waals surface area contributed by atoms with Crippen molar-refractivity contribution in [2.75, 3.05) is 0 Å². The van der Waals surface area contributed by atoms with Gasteiger partial charge in [-0.25, -0.2) is 0 Å². The van der Waals surface area contributed by atoms with Crippen molar-refractivity contribution in [3.8, 4) is 10.4 Å². The maximum absolute atomic E-state index is 4.20. The Morgan fingerprint density at radius 3 is 2.65 bits per heavy atom. The Hall–Kier alpha value is -0.710. The number of rotatable bonds is 1. The second-order valence-corrected chi connectivity index (χ2v) is 7.58. The van der Waals surface area contributed by atoms with Crippen LogP contribution in [0, 0.1) is 13.8 Å². The molecule has 3 aromatic rings. The monoisotopic (exact) mass is 323 g/mol. The van der Waals surface area contributed by atoms with Crippen molar-refractivity contribution < 1.29 is 0 Å². The summed E-state index contributed by atoms with van der Waals surface area (Å²) in [5.74, 6) is 0. The molecule has 0 N–H and O–H groups in total. The van der Waals surface area contributed by atoms with Crippen LogP contribution >= 0.6 is 38.6 Å². The summed E-state index contributed by atoms with van der Waals surface area (Å²) in [6, 6.07) is 4.12. The van der Waals surface area contributed by atoms with E-state index in [9.17, 15) is 0 Å². The maximum atomic E-state index is 4.20. The van der Waals surface area contributed by atoms with E-state index in [0.29, 0.717) is 0 Å². The van der Waals surface area contributed by atoms with E-state index >= 15 is 0 Å². The van der Waals surface area contributed by atoms with Gasteiger partial charge in [-0.15, -0.1) is 22.7 Å². The van der Waals surface area contributed by atoms with Gasteiger partial charge in [-0.05, 0) is 47.0 Å². The average Bonchev–Trinajstić information content (AvgIpc) is 2.80. The molecule has 0 fully saturated rings. The molecule has 0 aliphatic carbocycles. The molecule has 0 bridgehead atoms. The second kappa shape index (κ2) is 4.19. The molecule has 0 atom stereocenters. The molecule has 1 nitrogen and oxygen atoms in total. The highest BCUT2D eigenvalue weighted by Crippen LogP contribution is 2.46. The Labute approximate surface area is 116 Å². The Balaban J connectivity index is 2.30. The van der Waals surface area contributed by atoms with Crippen LogP contribution in [0.3, 0.4) is 0 Å². The van der Waals surface area contributed by atoms with Crippen molar-refractivity contribution in [3.63, 3.8) is 0 Å². The number of aryl methyl sites for hydroxylation is 2. The van der Waals surface area contributed by atoms with Gasteiger partial charge in [-0.2, -0.15) is 0 Å². The SMILES string of the molecule is Cc1c(Br)sc2sc(-c3cccnc3)c(C)c12. The van der Waals surface area contributed by atoms with E-state index in [-0.39, 0.29) is 0 Å². The summed E-state index contributed by atoms with van der Waals surface area (Å²) < 4.78 is 2.64. The van der Waals surface area contributed by atoms with Gasteiger partial charge in [-0.1, -0.05) is 6.07 Å².